The first kappa shape index (κ1) is 17.6. The van der Waals surface area contributed by atoms with Gasteiger partial charge in [0.25, 0.3) is 0 Å². The van der Waals surface area contributed by atoms with Gasteiger partial charge in [0.1, 0.15) is 5.82 Å². The largest absolute Gasteiger partial charge is 0.417 e. The van der Waals surface area contributed by atoms with E-state index in [1.807, 2.05) is 9.80 Å². The van der Waals surface area contributed by atoms with Crippen LogP contribution in [0.4, 0.5) is 19.0 Å². The Bertz CT molecular complexity index is 653. The molecule has 2 saturated carbocycles. The smallest absolute Gasteiger partial charge is 0.353 e. The zero-order valence-electron chi connectivity index (χ0n) is 14.7. The molecule has 3 fully saturated rings. The van der Waals surface area contributed by atoms with E-state index in [1.165, 1.54) is 31.7 Å². The van der Waals surface area contributed by atoms with Gasteiger partial charge in [0.15, 0.2) is 0 Å². The fraction of sp³-hybridized carbons (Fsp3) is 0.684. The standard InChI is InChI=1S/C19H24F3N3O/c20-19(21,22)16-3-4-17(23-12-16)24-5-7-25(8-6-24)18(26)11-15-10-13-1-2-14(15)9-13/h3-4,12-15H,1-2,5-11H2/t13-,14-,15+/m1/s1. The number of halogens is 3. The molecule has 0 aromatic carbocycles. The van der Waals surface area contributed by atoms with E-state index in [9.17, 15) is 18.0 Å². The topological polar surface area (TPSA) is 36.4 Å². The first-order valence-electron chi connectivity index (χ1n) is 9.46. The molecule has 1 saturated heterocycles. The summed E-state index contributed by atoms with van der Waals surface area (Å²) < 4.78 is 37.9. The van der Waals surface area contributed by atoms with Crippen molar-refractivity contribution in [2.24, 2.45) is 17.8 Å². The Labute approximate surface area is 151 Å². The molecule has 2 bridgehead atoms. The van der Waals surface area contributed by atoms with Crippen LogP contribution in [0, 0.1) is 17.8 Å². The van der Waals surface area contributed by atoms with E-state index in [4.69, 9.17) is 0 Å². The van der Waals surface area contributed by atoms with Crippen molar-refractivity contribution in [3.8, 4) is 0 Å². The van der Waals surface area contributed by atoms with E-state index in [0.29, 0.717) is 44.3 Å². The number of carbonyl (C=O) groups is 1. The summed E-state index contributed by atoms with van der Waals surface area (Å²) in [5.74, 6) is 2.94. The minimum Gasteiger partial charge on any atom is -0.353 e. The average molecular weight is 367 g/mol. The molecule has 4 nitrogen and oxygen atoms in total. The van der Waals surface area contributed by atoms with Crippen LogP contribution >= 0.6 is 0 Å². The lowest BCUT2D eigenvalue weighted by molar-refractivity contribution is -0.138. The Kier molecular flexibility index (Phi) is 4.57. The van der Waals surface area contributed by atoms with Gasteiger partial charge in [-0.3, -0.25) is 4.79 Å². The Morgan fingerprint density at radius 3 is 2.42 bits per heavy atom. The number of hydrogen-bond donors (Lipinski definition) is 0. The Morgan fingerprint density at radius 1 is 1.12 bits per heavy atom. The van der Waals surface area contributed by atoms with Gasteiger partial charge in [0.2, 0.25) is 5.91 Å². The number of hydrogen-bond acceptors (Lipinski definition) is 3. The fourth-order valence-corrected chi connectivity index (χ4v) is 4.91. The molecule has 4 rings (SSSR count). The van der Waals surface area contributed by atoms with E-state index < -0.39 is 11.7 Å². The zero-order chi connectivity index (χ0) is 18.3. The van der Waals surface area contributed by atoms with Crippen LogP contribution in [-0.4, -0.2) is 42.0 Å². The summed E-state index contributed by atoms with van der Waals surface area (Å²) >= 11 is 0. The summed E-state index contributed by atoms with van der Waals surface area (Å²) in [5.41, 5.74) is -0.735. The van der Waals surface area contributed by atoms with Crippen LogP contribution in [0.1, 0.15) is 37.7 Å². The maximum Gasteiger partial charge on any atom is 0.417 e. The van der Waals surface area contributed by atoms with E-state index in [2.05, 4.69) is 4.98 Å². The van der Waals surface area contributed by atoms with Gasteiger partial charge in [-0.15, -0.1) is 0 Å². The fourth-order valence-electron chi connectivity index (χ4n) is 4.91. The van der Waals surface area contributed by atoms with Crippen LogP contribution in [0.2, 0.25) is 0 Å². The van der Waals surface area contributed by atoms with E-state index in [1.54, 1.807) is 0 Å². The maximum absolute atomic E-state index is 12.6. The SMILES string of the molecule is O=C(C[C@@H]1C[C@@H]2CC[C@@H]1C2)N1CCN(c2ccc(C(F)(F)F)cn2)CC1. The molecule has 2 aliphatic carbocycles. The number of nitrogens with zero attached hydrogens (tertiary/aromatic N) is 3. The average Bonchev–Trinajstić information content (AvgIpc) is 3.24. The molecule has 142 valence electrons. The number of piperazine rings is 1. The van der Waals surface area contributed by atoms with Gasteiger partial charge in [0.05, 0.1) is 5.56 Å². The lowest BCUT2D eigenvalue weighted by Gasteiger charge is -2.36. The normalized spacial score (nSPS) is 28.7. The highest BCUT2D eigenvalue weighted by Gasteiger charge is 2.40. The van der Waals surface area contributed by atoms with Crippen molar-refractivity contribution in [1.29, 1.82) is 0 Å². The number of fused-ring (bicyclic) bond motifs is 2. The molecular weight excluding hydrogens is 343 g/mol. The highest BCUT2D eigenvalue weighted by Crippen LogP contribution is 2.49. The van der Waals surface area contributed by atoms with Crippen molar-refractivity contribution in [2.75, 3.05) is 31.1 Å². The summed E-state index contributed by atoms with van der Waals surface area (Å²) in [6.45, 7) is 2.45. The molecule has 7 heteroatoms. The minimum atomic E-state index is -4.36. The summed E-state index contributed by atoms with van der Waals surface area (Å²) in [7, 11) is 0. The van der Waals surface area contributed by atoms with Crippen molar-refractivity contribution in [3.63, 3.8) is 0 Å². The molecule has 0 spiro atoms. The number of rotatable bonds is 3. The number of carbonyl (C=O) groups excluding carboxylic acids is 1. The Balaban J connectivity index is 1.29. The summed E-state index contributed by atoms with van der Waals surface area (Å²) in [5, 5.41) is 0. The van der Waals surface area contributed by atoms with Crippen LogP contribution in [0.5, 0.6) is 0 Å². The van der Waals surface area contributed by atoms with Gasteiger partial charge >= 0.3 is 6.18 Å². The van der Waals surface area contributed by atoms with Crippen LogP contribution < -0.4 is 4.90 Å². The van der Waals surface area contributed by atoms with Gasteiger partial charge in [-0.05, 0) is 49.1 Å². The van der Waals surface area contributed by atoms with Crippen molar-refractivity contribution in [3.05, 3.63) is 23.9 Å². The predicted octanol–water partition coefficient (Wildman–Crippen LogP) is 3.58. The van der Waals surface area contributed by atoms with Crippen molar-refractivity contribution < 1.29 is 18.0 Å². The summed E-state index contributed by atoms with van der Waals surface area (Å²) in [6.07, 6.45) is 2.33. The van der Waals surface area contributed by atoms with Gasteiger partial charge in [-0.2, -0.15) is 13.2 Å². The van der Waals surface area contributed by atoms with Gasteiger partial charge in [-0.1, -0.05) is 6.42 Å². The third-order valence-corrected chi connectivity index (χ3v) is 6.35. The molecule has 1 aliphatic heterocycles. The van der Waals surface area contributed by atoms with Crippen LogP contribution in [0.3, 0.4) is 0 Å². The molecular formula is C19H24F3N3O. The Hall–Kier alpha value is -1.79. The first-order chi connectivity index (χ1) is 12.4. The maximum atomic E-state index is 12.6. The van der Waals surface area contributed by atoms with Gasteiger partial charge < -0.3 is 9.80 Å². The highest BCUT2D eigenvalue weighted by molar-refractivity contribution is 5.77. The number of aromatic nitrogens is 1. The third kappa shape index (κ3) is 3.53. The molecule has 1 aromatic heterocycles. The first-order valence-corrected chi connectivity index (χ1v) is 9.46. The molecule has 3 atom stereocenters. The molecule has 26 heavy (non-hydrogen) atoms. The lowest BCUT2D eigenvalue weighted by atomic mass is 9.86. The van der Waals surface area contributed by atoms with Crippen molar-refractivity contribution in [1.82, 2.24) is 9.88 Å². The third-order valence-electron chi connectivity index (χ3n) is 6.35. The molecule has 0 radical (unpaired) electrons. The second-order valence-electron chi connectivity index (χ2n) is 7.91. The highest BCUT2D eigenvalue weighted by atomic mass is 19.4. The zero-order valence-corrected chi connectivity index (χ0v) is 14.7. The van der Waals surface area contributed by atoms with E-state index >= 15 is 0 Å². The van der Waals surface area contributed by atoms with Gasteiger partial charge in [-0.25, -0.2) is 4.98 Å². The van der Waals surface area contributed by atoms with E-state index in [0.717, 1.165) is 24.1 Å². The summed E-state index contributed by atoms with van der Waals surface area (Å²) in [6, 6.07) is 2.48. The predicted molar refractivity (Wildman–Crippen MR) is 91.6 cm³/mol. The second-order valence-corrected chi connectivity index (χ2v) is 7.91. The number of alkyl halides is 3. The number of pyridine rings is 1. The number of amides is 1. The monoisotopic (exact) mass is 367 g/mol. The molecule has 1 amide bonds. The van der Waals surface area contributed by atoms with Crippen molar-refractivity contribution >= 4 is 11.7 Å². The second kappa shape index (κ2) is 6.74. The molecule has 0 N–H and O–H groups in total. The molecule has 2 heterocycles. The Morgan fingerprint density at radius 2 is 1.88 bits per heavy atom. The quantitative estimate of drug-likeness (QED) is 0.819. The van der Waals surface area contributed by atoms with Crippen molar-refractivity contribution in [2.45, 2.75) is 38.3 Å². The minimum absolute atomic E-state index is 0.238. The molecule has 0 unspecified atom stereocenters. The van der Waals surface area contributed by atoms with Crippen LogP contribution in [0.15, 0.2) is 18.3 Å². The molecule has 1 aromatic rings. The van der Waals surface area contributed by atoms with Crippen LogP contribution in [0.25, 0.3) is 0 Å². The van der Waals surface area contributed by atoms with Gasteiger partial charge in [0, 0.05) is 38.8 Å². The lowest BCUT2D eigenvalue weighted by Crippen LogP contribution is -2.49. The van der Waals surface area contributed by atoms with E-state index in [-0.39, 0.29) is 5.91 Å². The molecule has 3 aliphatic rings. The summed E-state index contributed by atoms with van der Waals surface area (Å²) in [4.78, 5) is 20.4. The number of anilines is 1. The van der Waals surface area contributed by atoms with Crippen LogP contribution in [-0.2, 0) is 11.0 Å².